The van der Waals surface area contributed by atoms with Crippen LogP contribution in [0, 0.1) is 5.92 Å². The Balaban J connectivity index is 0.000000172. The Kier molecular flexibility index (Phi) is 16.7. The summed E-state index contributed by atoms with van der Waals surface area (Å²) in [5.41, 5.74) is 12.2. The number of hydrogen-bond acceptors (Lipinski definition) is 10. The van der Waals surface area contributed by atoms with Gasteiger partial charge in [-0.15, -0.1) is 0 Å². The van der Waals surface area contributed by atoms with Crippen LogP contribution in [0.5, 0.6) is 0 Å². The molecule has 4 aliphatic heterocycles. The quantitative estimate of drug-likeness (QED) is 0.133. The van der Waals surface area contributed by atoms with E-state index < -0.39 is 42.4 Å². The molecule has 12 rings (SSSR count). The van der Waals surface area contributed by atoms with Crippen molar-refractivity contribution in [3.05, 3.63) is 124 Å². The first-order valence-corrected chi connectivity index (χ1v) is 32.6. The zero-order valence-corrected chi connectivity index (χ0v) is 49.2. The summed E-state index contributed by atoms with van der Waals surface area (Å²) in [6.45, 7) is 11.5. The number of amides is 4. The predicted octanol–water partition coefficient (Wildman–Crippen LogP) is 9.93. The zero-order chi connectivity index (χ0) is 57.5. The van der Waals surface area contributed by atoms with Crippen LogP contribution in [0.4, 0.5) is 0 Å². The van der Waals surface area contributed by atoms with E-state index in [-0.39, 0.29) is 23.3 Å². The molecule has 16 nitrogen and oxygen atoms in total. The number of hydrogen-bond donors (Lipinski definition) is 2. The van der Waals surface area contributed by atoms with Crippen LogP contribution in [0.3, 0.4) is 0 Å². The molecule has 2 saturated heterocycles. The predicted molar refractivity (Wildman–Crippen MR) is 319 cm³/mol. The van der Waals surface area contributed by atoms with Gasteiger partial charge in [-0.05, 0) is 124 Å². The average Bonchev–Trinajstić information content (AvgIpc) is 3.09. The molecule has 2 aromatic heterocycles. The van der Waals surface area contributed by atoms with Crippen molar-refractivity contribution in [3.8, 4) is 22.5 Å². The summed E-state index contributed by atoms with van der Waals surface area (Å²) in [7, 11) is -7.56. The number of carbonyl (C=O) groups is 4. The number of carbonyl (C=O) groups excluding carboxylic acids is 4. The van der Waals surface area contributed by atoms with Crippen LogP contribution in [-0.2, 0) is 58.6 Å². The van der Waals surface area contributed by atoms with Gasteiger partial charge in [0, 0.05) is 82.4 Å². The van der Waals surface area contributed by atoms with E-state index in [0.717, 1.165) is 75.6 Å². The lowest BCUT2D eigenvalue weighted by molar-refractivity contribution is -0.140. The maximum absolute atomic E-state index is 13.9. The third-order valence-corrected chi connectivity index (χ3v) is 21.2. The van der Waals surface area contributed by atoms with Gasteiger partial charge < -0.3 is 28.4 Å². The van der Waals surface area contributed by atoms with E-state index in [2.05, 4.69) is 48.9 Å². The molecular formula is C64H76N6O10S2. The van der Waals surface area contributed by atoms with Crippen molar-refractivity contribution < 1.29 is 45.5 Å². The molecule has 2 N–H and O–H groups in total. The summed E-state index contributed by atoms with van der Waals surface area (Å²) in [5, 5.41) is 0.698. The van der Waals surface area contributed by atoms with Crippen LogP contribution >= 0.6 is 0 Å². The second kappa shape index (κ2) is 23.9. The largest absolute Gasteiger partial charge is 0.378 e. The lowest BCUT2D eigenvalue weighted by atomic mass is 9.81. The minimum atomic E-state index is -3.78. The molecule has 6 heterocycles. The van der Waals surface area contributed by atoms with Crippen molar-refractivity contribution in [2.75, 3.05) is 52.6 Å². The minimum Gasteiger partial charge on any atom is -0.378 e. The summed E-state index contributed by atoms with van der Waals surface area (Å²) < 4.78 is 69.8. The zero-order valence-electron chi connectivity index (χ0n) is 47.6. The van der Waals surface area contributed by atoms with Crippen molar-refractivity contribution in [1.29, 1.82) is 0 Å². The highest BCUT2D eigenvalue weighted by atomic mass is 32.2. The van der Waals surface area contributed by atoms with Gasteiger partial charge in [0.1, 0.15) is 0 Å². The van der Waals surface area contributed by atoms with Crippen molar-refractivity contribution in [2.24, 2.45) is 5.92 Å². The maximum Gasteiger partial charge on any atom is 0.264 e. The summed E-state index contributed by atoms with van der Waals surface area (Å²) in [6.07, 6.45) is 14.3. The van der Waals surface area contributed by atoms with Crippen LogP contribution in [0.2, 0.25) is 0 Å². The van der Waals surface area contributed by atoms with E-state index >= 15 is 0 Å². The van der Waals surface area contributed by atoms with Crippen molar-refractivity contribution in [2.45, 2.75) is 134 Å². The Morgan fingerprint density at radius 2 is 1.04 bits per heavy atom. The van der Waals surface area contributed by atoms with Gasteiger partial charge in [0.05, 0.1) is 60.8 Å². The van der Waals surface area contributed by atoms with E-state index in [1.807, 2.05) is 52.3 Å². The Labute approximate surface area is 481 Å². The topological polar surface area (TPSA) is 195 Å². The first-order valence-electron chi connectivity index (χ1n) is 29.5. The van der Waals surface area contributed by atoms with Crippen LogP contribution in [-0.4, -0.2) is 123 Å². The fraction of sp³-hybridized carbons (Fsp3) is 0.469. The summed E-state index contributed by atoms with van der Waals surface area (Å²) >= 11 is 0. The molecule has 1 atom stereocenters. The van der Waals surface area contributed by atoms with Gasteiger partial charge in [0.25, 0.3) is 17.7 Å². The average molecular weight is 1150 g/mol. The maximum atomic E-state index is 13.9. The van der Waals surface area contributed by atoms with E-state index in [0.29, 0.717) is 95.1 Å². The molecule has 4 fully saturated rings. The number of benzene rings is 4. The Morgan fingerprint density at radius 3 is 1.57 bits per heavy atom. The van der Waals surface area contributed by atoms with E-state index in [1.165, 1.54) is 55.2 Å². The molecule has 0 bridgehead atoms. The van der Waals surface area contributed by atoms with Gasteiger partial charge in [0.2, 0.25) is 26.0 Å². The molecular weight excluding hydrogens is 1080 g/mol. The third kappa shape index (κ3) is 11.4. The second-order valence-electron chi connectivity index (χ2n) is 23.6. The molecule has 2 aliphatic carbocycles. The van der Waals surface area contributed by atoms with Crippen LogP contribution < -0.4 is 9.44 Å². The van der Waals surface area contributed by atoms with E-state index in [9.17, 15) is 36.0 Å². The lowest BCUT2D eigenvalue weighted by Gasteiger charge is -2.30. The van der Waals surface area contributed by atoms with Gasteiger partial charge in [-0.3, -0.25) is 19.2 Å². The van der Waals surface area contributed by atoms with Gasteiger partial charge in [0.15, 0.2) is 0 Å². The highest BCUT2D eigenvalue weighted by Crippen LogP contribution is 2.49. The number of nitrogens with one attached hydrogen (secondary N) is 2. The SMILES string of the molecule is CC(C)S(=O)(=O)NC(=O)c1ccc2c(C3CCCCC3)c3n(c2c1)CC(C(=O)N1CCOCC1)=Cc1ccccc1-3.CC(C)S(=O)(=O)NC(=O)c1ccc2c(C3CCCCC3)c3n(c2c1)CC(C(=O)N1CCOCC1)Cc1ccccc1-3. The Hall–Kier alpha value is -6.60. The van der Waals surface area contributed by atoms with Gasteiger partial charge in [-0.25, -0.2) is 26.3 Å². The number of ether oxygens (including phenoxy) is 2. The number of aromatic nitrogens is 2. The van der Waals surface area contributed by atoms with E-state index in [1.54, 1.807) is 45.9 Å². The van der Waals surface area contributed by atoms with Crippen LogP contribution in [0.1, 0.15) is 147 Å². The van der Waals surface area contributed by atoms with Crippen molar-refractivity contribution in [1.82, 2.24) is 28.4 Å². The normalized spacial score (nSPS) is 19.0. The van der Waals surface area contributed by atoms with Gasteiger partial charge in [-0.1, -0.05) is 99.2 Å². The molecule has 18 heteroatoms. The Bertz CT molecular complexity index is 3680. The van der Waals surface area contributed by atoms with Crippen LogP contribution in [0.25, 0.3) is 50.4 Å². The van der Waals surface area contributed by atoms with E-state index in [4.69, 9.17) is 9.47 Å². The fourth-order valence-electron chi connectivity index (χ4n) is 13.2. The first kappa shape index (κ1) is 57.2. The lowest BCUT2D eigenvalue weighted by Crippen LogP contribution is -2.45. The number of fused-ring (bicyclic) bond motifs is 10. The molecule has 82 heavy (non-hydrogen) atoms. The van der Waals surface area contributed by atoms with Crippen molar-refractivity contribution in [3.63, 3.8) is 0 Å². The smallest absolute Gasteiger partial charge is 0.264 e. The molecule has 1 unspecified atom stereocenters. The molecule has 0 radical (unpaired) electrons. The number of nitrogens with zero attached hydrogens (tertiary/aromatic N) is 4. The van der Waals surface area contributed by atoms with Gasteiger partial charge >= 0.3 is 0 Å². The summed E-state index contributed by atoms with van der Waals surface area (Å²) in [4.78, 5) is 57.8. The third-order valence-electron chi connectivity index (χ3n) is 17.7. The number of sulfonamides is 2. The highest BCUT2D eigenvalue weighted by molar-refractivity contribution is 7.90. The monoisotopic (exact) mass is 1150 g/mol. The van der Waals surface area contributed by atoms with Crippen LogP contribution in [0.15, 0.2) is 90.5 Å². The fourth-order valence-corrected chi connectivity index (χ4v) is 14.4. The first-order chi connectivity index (χ1) is 39.5. The van der Waals surface area contributed by atoms with Crippen molar-refractivity contribution >= 4 is 71.6 Å². The highest BCUT2D eigenvalue weighted by Gasteiger charge is 2.37. The number of rotatable bonds is 10. The number of morpholine rings is 2. The molecule has 4 amide bonds. The second-order valence-corrected chi connectivity index (χ2v) is 28.0. The summed E-state index contributed by atoms with van der Waals surface area (Å²) in [5.74, 6) is -0.655. The molecule has 6 aromatic rings. The molecule has 4 aromatic carbocycles. The molecule has 6 aliphatic rings. The van der Waals surface area contributed by atoms with Gasteiger partial charge in [-0.2, -0.15) is 0 Å². The standard InChI is InChI=1S/C32H39N3O5S.C32H37N3O5S/c2*1-21(2)41(38,39)33-31(36)24-12-13-27-28(19-24)35-20-25(32(37)34-14-16-40-17-15-34)18-23-10-6-7-11-26(23)30(35)29(27)22-8-4-3-5-9-22/h6-7,10-13,19,21-22,25H,3-5,8-9,14-18,20H2,1-2H3,(H,33,36);6-7,10-13,18-19,21-22H,3-5,8-9,14-17,20H2,1-2H3,(H,33,36). The molecule has 2 saturated carbocycles. The molecule has 0 spiro atoms. The minimum absolute atomic E-state index is 0.00561. The molecule has 434 valence electrons. The Morgan fingerprint density at radius 1 is 0.561 bits per heavy atom. The summed E-state index contributed by atoms with van der Waals surface area (Å²) in [6, 6.07) is 27.7.